The Hall–Kier alpha value is -6.98. The van der Waals surface area contributed by atoms with Gasteiger partial charge in [0.05, 0.1) is 48.4 Å². The maximum absolute atomic E-state index is 12.8. The molecule has 78 heavy (non-hydrogen) atoms. The number of hydrogen-bond donors (Lipinski definition) is 1. The minimum atomic E-state index is -1.33. The Balaban J connectivity index is 0.000000176. The van der Waals surface area contributed by atoms with Crippen LogP contribution in [0.1, 0.15) is 139 Å². The fraction of sp³-hybridized carbons (Fsp3) is 0.452. The highest BCUT2D eigenvalue weighted by atomic mass is 16.6. The van der Waals surface area contributed by atoms with E-state index in [-0.39, 0.29) is 24.3 Å². The van der Waals surface area contributed by atoms with Gasteiger partial charge in [-0.15, -0.1) is 0 Å². The lowest BCUT2D eigenvalue weighted by Crippen LogP contribution is -2.51. The number of imidazole rings is 2. The Morgan fingerprint density at radius 2 is 1.08 bits per heavy atom. The van der Waals surface area contributed by atoms with Crippen LogP contribution < -0.4 is 0 Å². The molecule has 2 aromatic carbocycles. The number of fused-ring (bicyclic) bond motifs is 4. The van der Waals surface area contributed by atoms with E-state index in [9.17, 15) is 14.7 Å². The molecule has 2 unspecified atom stereocenters. The summed E-state index contributed by atoms with van der Waals surface area (Å²) in [5.41, 5.74) is 13.4. The molecule has 3 fully saturated rings. The van der Waals surface area contributed by atoms with Crippen LogP contribution in [0.25, 0.3) is 23.3 Å². The second kappa shape index (κ2) is 20.7. The Morgan fingerprint density at radius 1 is 0.615 bits per heavy atom. The Kier molecular flexibility index (Phi) is 14.4. The Morgan fingerprint density at radius 3 is 1.53 bits per heavy atom. The first-order valence-electron chi connectivity index (χ1n) is 27.3. The molecule has 11 rings (SSSR count). The summed E-state index contributed by atoms with van der Waals surface area (Å²) >= 11 is 0. The summed E-state index contributed by atoms with van der Waals surface area (Å²) < 4.78 is 21.6. The van der Waals surface area contributed by atoms with E-state index >= 15 is 0 Å². The van der Waals surface area contributed by atoms with E-state index in [0.717, 1.165) is 80.5 Å². The van der Waals surface area contributed by atoms with Gasteiger partial charge in [0.2, 0.25) is 0 Å². The minimum absolute atomic E-state index is 0.0491. The van der Waals surface area contributed by atoms with E-state index in [0.29, 0.717) is 51.6 Å². The molecular formula is C62H76N10O6. The number of carbonyl (C=O) groups is 2. The highest BCUT2D eigenvalue weighted by Gasteiger charge is 2.55. The number of ether oxygens (including phenoxy) is 3. The molecule has 4 atom stereocenters. The van der Waals surface area contributed by atoms with E-state index in [1.807, 2.05) is 110 Å². The third kappa shape index (κ3) is 10.5. The summed E-state index contributed by atoms with van der Waals surface area (Å²) in [6.45, 7) is 27.3. The second-order valence-corrected chi connectivity index (χ2v) is 23.8. The van der Waals surface area contributed by atoms with Crippen molar-refractivity contribution in [3.05, 3.63) is 164 Å². The van der Waals surface area contributed by atoms with Crippen molar-refractivity contribution in [3.63, 3.8) is 0 Å². The molecule has 0 saturated carbocycles. The highest BCUT2D eigenvalue weighted by Crippen LogP contribution is 2.54. The molecular weight excluding hydrogens is 981 g/mol. The number of benzene rings is 2. The van der Waals surface area contributed by atoms with Crippen molar-refractivity contribution in [2.24, 2.45) is 14.1 Å². The lowest BCUT2D eigenvalue weighted by molar-refractivity contribution is 0.0109. The van der Waals surface area contributed by atoms with Crippen LogP contribution in [0.5, 0.6) is 0 Å². The van der Waals surface area contributed by atoms with Gasteiger partial charge in [0.1, 0.15) is 22.5 Å². The van der Waals surface area contributed by atoms with E-state index < -0.39 is 22.4 Å². The molecule has 16 nitrogen and oxygen atoms in total. The molecule has 2 amide bonds. The SMILES string of the molecule is Cc1ccc2c(c1)C(C(C)(O)c1ncn(C)c1C)=Cc1cccnc1[C@H]2N1CCN(C(=O)OC(C)(C)C)CC1.Cc1ccc2c(c1)C(C1(c3ncn(C)c3C)CO1)=Cc1cccnc1[C@H]2N1CCN(C(=O)OC(C)(C)C)CC1. The van der Waals surface area contributed by atoms with Gasteiger partial charge in [-0.05, 0) is 139 Å². The number of aryl methyl sites for hydroxylation is 4. The number of epoxide rings is 1. The molecule has 5 aliphatic rings. The molecule has 3 saturated heterocycles. The number of aliphatic hydroxyl groups is 1. The van der Waals surface area contributed by atoms with E-state index in [2.05, 4.69) is 101 Å². The number of aromatic nitrogens is 6. The minimum Gasteiger partial charge on any atom is -0.444 e. The average molecular weight is 1060 g/mol. The fourth-order valence-electron chi connectivity index (χ4n) is 11.5. The van der Waals surface area contributed by atoms with Crippen LogP contribution in [0.4, 0.5) is 9.59 Å². The third-order valence-electron chi connectivity index (χ3n) is 15.8. The predicted octanol–water partition coefficient (Wildman–Crippen LogP) is 9.69. The number of rotatable bonds is 6. The maximum atomic E-state index is 12.8. The highest BCUT2D eigenvalue weighted by molar-refractivity contribution is 5.92. The normalized spacial score (nSPS) is 21.2. The molecule has 0 bridgehead atoms. The lowest BCUT2D eigenvalue weighted by Gasteiger charge is -2.40. The molecule has 0 spiro atoms. The van der Waals surface area contributed by atoms with Crippen LogP contribution in [0.2, 0.25) is 0 Å². The largest absolute Gasteiger partial charge is 0.444 e. The zero-order valence-corrected chi connectivity index (χ0v) is 47.7. The van der Waals surface area contributed by atoms with Gasteiger partial charge in [0.15, 0.2) is 5.60 Å². The van der Waals surface area contributed by atoms with Crippen molar-refractivity contribution in [3.8, 4) is 0 Å². The summed E-state index contributed by atoms with van der Waals surface area (Å²) in [5.74, 6) is 0. The predicted molar refractivity (Wildman–Crippen MR) is 302 cm³/mol. The van der Waals surface area contributed by atoms with Crippen LogP contribution in [-0.2, 0) is 39.5 Å². The van der Waals surface area contributed by atoms with Gasteiger partial charge in [0, 0.05) is 95.8 Å². The molecule has 410 valence electrons. The van der Waals surface area contributed by atoms with Gasteiger partial charge in [-0.1, -0.05) is 59.7 Å². The fourth-order valence-corrected chi connectivity index (χ4v) is 11.5. The summed E-state index contributed by atoms with van der Waals surface area (Å²) in [6, 6.07) is 21.1. The van der Waals surface area contributed by atoms with Gasteiger partial charge in [-0.25, -0.2) is 19.6 Å². The molecule has 0 radical (unpaired) electrons. The van der Waals surface area contributed by atoms with Gasteiger partial charge in [0.25, 0.3) is 0 Å². The smallest absolute Gasteiger partial charge is 0.410 e. The summed E-state index contributed by atoms with van der Waals surface area (Å²) in [7, 11) is 3.96. The first-order chi connectivity index (χ1) is 36.9. The number of amides is 2. The monoisotopic (exact) mass is 1060 g/mol. The van der Waals surface area contributed by atoms with E-state index in [1.54, 1.807) is 11.2 Å². The first kappa shape index (κ1) is 54.4. The van der Waals surface area contributed by atoms with Crippen molar-refractivity contribution in [1.82, 2.24) is 48.7 Å². The first-order valence-corrected chi connectivity index (χ1v) is 27.3. The quantitative estimate of drug-likeness (QED) is 0.158. The Bertz CT molecular complexity index is 3110. The van der Waals surface area contributed by atoms with Crippen LogP contribution in [0.15, 0.2) is 85.7 Å². The maximum Gasteiger partial charge on any atom is 0.410 e. The second-order valence-electron chi connectivity index (χ2n) is 23.8. The number of carbonyl (C=O) groups excluding carboxylic acids is 2. The zero-order chi connectivity index (χ0) is 55.6. The van der Waals surface area contributed by atoms with Gasteiger partial charge in [-0.2, -0.15) is 0 Å². The van der Waals surface area contributed by atoms with Crippen molar-refractivity contribution in [1.29, 1.82) is 0 Å². The van der Waals surface area contributed by atoms with Crippen molar-refractivity contribution in [2.75, 3.05) is 59.0 Å². The molecule has 6 aromatic rings. The van der Waals surface area contributed by atoms with Crippen molar-refractivity contribution >= 4 is 35.5 Å². The molecule has 2 aliphatic carbocycles. The molecule has 1 N–H and O–H groups in total. The topological polar surface area (TPSA) is 160 Å². The third-order valence-corrected chi connectivity index (χ3v) is 15.8. The van der Waals surface area contributed by atoms with Gasteiger partial charge < -0.3 is 38.3 Å². The molecule has 7 heterocycles. The number of pyridine rings is 2. The van der Waals surface area contributed by atoms with E-state index in [4.69, 9.17) is 29.2 Å². The van der Waals surface area contributed by atoms with Crippen molar-refractivity contribution in [2.45, 2.75) is 111 Å². The standard InChI is InChI=1S/C31H37N5O3.C31H39N5O3/c1-20-9-10-23-24(16-20)25(31(18-38-31)28-21(2)34(6)19-33-28)17-22-8-7-11-32-26(22)27(23)35-12-14-36(15-13-35)29(37)39-30(3,4)5;1-20-10-11-23-24(17-20)25(31(6,38)28-21(2)34(7)19-33-28)18-22-9-8-12-32-26(22)27(23)35-13-15-36(16-14-35)29(37)39-30(3,4)5/h7-11,16-17,19,27H,12-15,18H2,1-6H3;8-12,17-19,27,38H,13-16H2,1-7H3/t2*27-,31?/m00/s1. The Labute approximate surface area is 459 Å². The number of hydrogen-bond acceptors (Lipinski definition) is 12. The van der Waals surface area contributed by atoms with Crippen LogP contribution in [0, 0.1) is 27.7 Å². The summed E-state index contributed by atoms with van der Waals surface area (Å²) in [5, 5.41) is 12.1. The van der Waals surface area contributed by atoms with Crippen LogP contribution >= 0.6 is 0 Å². The molecule has 3 aliphatic heterocycles. The molecule has 4 aromatic heterocycles. The zero-order valence-electron chi connectivity index (χ0n) is 47.7. The number of piperazine rings is 2. The number of nitrogens with zero attached hydrogens (tertiary/aromatic N) is 10. The molecule has 16 heteroatoms. The van der Waals surface area contributed by atoms with Crippen LogP contribution in [-0.4, -0.2) is 136 Å². The average Bonchev–Trinajstić information content (AvgIpc) is 4.17. The summed E-state index contributed by atoms with van der Waals surface area (Å²) in [4.78, 5) is 53.1. The van der Waals surface area contributed by atoms with Gasteiger partial charge in [-0.3, -0.25) is 19.8 Å². The van der Waals surface area contributed by atoms with E-state index in [1.165, 1.54) is 16.7 Å². The lowest BCUT2D eigenvalue weighted by atomic mass is 9.82. The van der Waals surface area contributed by atoms with Crippen LogP contribution in [0.3, 0.4) is 0 Å². The van der Waals surface area contributed by atoms with Gasteiger partial charge >= 0.3 is 12.2 Å². The summed E-state index contributed by atoms with van der Waals surface area (Å²) in [6.07, 6.45) is 11.1. The van der Waals surface area contributed by atoms with Crippen molar-refractivity contribution < 1.29 is 28.9 Å².